The van der Waals surface area contributed by atoms with Gasteiger partial charge in [-0.2, -0.15) is 0 Å². The second-order valence-corrected chi connectivity index (χ2v) is 6.43. The summed E-state index contributed by atoms with van der Waals surface area (Å²) in [6.07, 6.45) is 2.42. The normalized spacial score (nSPS) is 11.9. The molecule has 0 saturated carbocycles. The van der Waals surface area contributed by atoms with Crippen molar-refractivity contribution in [3.05, 3.63) is 33.9 Å². The molecular weight excluding hydrogens is 218 g/mol. The van der Waals surface area contributed by atoms with Crippen LogP contribution in [0.2, 0.25) is 0 Å². The van der Waals surface area contributed by atoms with Gasteiger partial charge in [-0.15, -0.1) is 0 Å². The van der Waals surface area contributed by atoms with E-state index in [0.29, 0.717) is 5.41 Å². The Labute approximate surface area is 113 Å². The van der Waals surface area contributed by atoms with Crippen molar-refractivity contribution < 1.29 is 0 Å². The number of rotatable bonds is 5. The summed E-state index contributed by atoms with van der Waals surface area (Å²) in [6.45, 7) is 14.8. The minimum absolute atomic E-state index is 0.366. The third-order valence-corrected chi connectivity index (χ3v) is 4.23. The van der Waals surface area contributed by atoms with E-state index in [2.05, 4.69) is 52.9 Å². The molecule has 0 spiro atoms. The van der Waals surface area contributed by atoms with Gasteiger partial charge in [0.2, 0.25) is 0 Å². The summed E-state index contributed by atoms with van der Waals surface area (Å²) in [7, 11) is 2.04. The molecular formula is C17H29N. The molecule has 1 rings (SSSR count). The highest BCUT2D eigenvalue weighted by Gasteiger charge is 2.18. The van der Waals surface area contributed by atoms with Crippen molar-refractivity contribution in [2.45, 2.75) is 54.4 Å². The van der Waals surface area contributed by atoms with Crippen LogP contribution < -0.4 is 5.32 Å². The van der Waals surface area contributed by atoms with Crippen molar-refractivity contribution in [1.82, 2.24) is 5.32 Å². The predicted octanol–water partition coefficient (Wildman–Crippen LogP) is 4.10. The summed E-state index contributed by atoms with van der Waals surface area (Å²) < 4.78 is 0. The highest BCUT2D eigenvalue weighted by Crippen LogP contribution is 2.27. The highest BCUT2D eigenvalue weighted by molar-refractivity contribution is 5.44. The van der Waals surface area contributed by atoms with Crippen molar-refractivity contribution in [3.63, 3.8) is 0 Å². The fraction of sp³-hybridized carbons (Fsp3) is 0.647. The van der Waals surface area contributed by atoms with Crippen LogP contribution in [0.3, 0.4) is 0 Å². The molecule has 0 unspecified atom stereocenters. The molecule has 102 valence electrons. The lowest BCUT2D eigenvalue weighted by Crippen LogP contribution is -2.27. The van der Waals surface area contributed by atoms with Crippen LogP contribution in [0.5, 0.6) is 0 Å². The lowest BCUT2D eigenvalue weighted by molar-refractivity contribution is 0.324. The van der Waals surface area contributed by atoms with E-state index >= 15 is 0 Å². The van der Waals surface area contributed by atoms with E-state index in [1.807, 2.05) is 7.05 Å². The van der Waals surface area contributed by atoms with Crippen LogP contribution in [-0.4, -0.2) is 13.6 Å². The Hall–Kier alpha value is -0.820. The van der Waals surface area contributed by atoms with Crippen molar-refractivity contribution in [1.29, 1.82) is 0 Å². The van der Waals surface area contributed by atoms with E-state index in [9.17, 15) is 0 Å². The summed E-state index contributed by atoms with van der Waals surface area (Å²) in [6, 6.07) is 2.31. The van der Waals surface area contributed by atoms with Crippen LogP contribution >= 0.6 is 0 Å². The molecule has 0 aliphatic rings. The minimum atomic E-state index is 0.366. The summed E-state index contributed by atoms with van der Waals surface area (Å²) >= 11 is 0. The molecule has 0 bridgehead atoms. The number of benzene rings is 1. The van der Waals surface area contributed by atoms with Crippen LogP contribution in [0.15, 0.2) is 6.07 Å². The molecule has 1 aromatic rings. The Kier molecular flexibility index (Phi) is 4.98. The summed E-state index contributed by atoms with van der Waals surface area (Å²) in [5.74, 6) is 0. The zero-order valence-corrected chi connectivity index (χ0v) is 13.2. The lowest BCUT2D eigenvalue weighted by atomic mass is 9.83. The van der Waals surface area contributed by atoms with Crippen molar-refractivity contribution in [2.24, 2.45) is 5.41 Å². The smallest absolute Gasteiger partial charge is 0.0000373 e. The molecule has 0 aliphatic heterocycles. The zero-order valence-electron chi connectivity index (χ0n) is 13.2. The molecule has 18 heavy (non-hydrogen) atoms. The SMILES string of the molecule is CNCC(C)(C)CCc1c(C)c(C)cc(C)c1C. The molecule has 1 heteroatoms. The molecule has 1 aromatic carbocycles. The van der Waals surface area contributed by atoms with Gasteiger partial charge in [-0.05, 0) is 87.4 Å². The molecule has 0 aliphatic carbocycles. The number of aryl methyl sites for hydroxylation is 2. The number of hydrogen-bond acceptors (Lipinski definition) is 1. The van der Waals surface area contributed by atoms with E-state index in [4.69, 9.17) is 0 Å². The Balaban J connectivity index is 2.91. The third kappa shape index (κ3) is 3.58. The molecule has 1 nitrogen and oxygen atoms in total. The monoisotopic (exact) mass is 247 g/mol. The largest absolute Gasteiger partial charge is 0.319 e. The predicted molar refractivity (Wildman–Crippen MR) is 81.4 cm³/mol. The second kappa shape index (κ2) is 5.88. The van der Waals surface area contributed by atoms with E-state index in [1.165, 1.54) is 35.1 Å². The van der Waals surface area contributed by atoms with Crippen molar-refractivity contribution in [2.75, 3.05) is 13.6 Å². The third-order valence-electron chi connectivity index (χ3n) is 4.23. The molecule has 0 radical (unpaired) electrons. The molecule has 0 aromatic heterocycles. The second-order valence-electron chi connectivity index (χ2n) is 6.43. The van der Waals surface area contributed by atoms with Gasteiger partial charge in [-0.3, -0.25) is 0 Å². The molecule has 0 saturated heterocycles. The van der Waals surface area contributed by atoms with Gasteiger partial charge in [0, 0.05) is 0 Å². The summed E-state index contributed by atoms with van der Waals surface area (Å²) in [4.78, 5) is 0. The quantitative estimate of drug-likeness (QED) is 0.826. The highest BCUT2D eigenvalue weighted by atomic mass is 14.8. The van der Waals surface area contributed by atoms with Crippen molar-refractivity contribution >= 4 is 0 Å². The molecule has 0 fully saturated rings. The lowest BCUT2D eigenvalue weighted by Gasteiger charge is -2.25. The van der Waals surface area contributed by atoms with Gasteiger partial charge in [0.05, 0.1) is 0 Å². The van der Waals surface area contributed by atoms with Crippen LogP contribution in [0.1, 0.15) is 48.1 Å². The van der Waals surface area contributed by atoms with Crippen molar-refractivity contribution in [3.8, 4) is 0 Å². The zero-order chi connectivity index (χ0) is 13.9. The van der Waals surface area contributed by atoms with Gasteiger partial charge in [-0.1, -0.05) is 19.9 Å². The first-order chi connectivity index (χ1) is 8.28. The average molecular weight is 247 g/mol. The van der Waals surface area contributed by atoms with E-state index in [-0.39, 0.29) is 0 Å². The molecule has 0 heterocycles. The first-order valence-electron chi connectivity index (χ1n) is 6.99. The fourth-order valence-electron chi connectivity index (χ4n) is 2.70. The van der Waals surface area contributed by atoms with E-state index in [0.717, 1.165) is 6.54 Å². The maximum Gasteiger partial charge on any atom is -0.0000373 e. The summed E-state index contributed by atoms with van der Waals surface area (Å²) in [5, 5.41) is 3.30. The Bertz CT molecular complexity index is 390. The molecule has 1 N–H and O–H groups in total. The Morgan fingerprint density at radius 1 is 1.00 bits per heavy atom. The maximum atomic E-state index is 3.30. The Morgan fingerprint density at radius 3 is 1.94 bits per heavy atom. The average Bonchev–Trinajstić information content (AvgIpc) is 2.26. The van der Waals surface area contributed by atoms with Gasteiger partial charge in [-0.25, -0.2) is 0 Å². The standard InChI is InChI=1S/C17H29N/c1-12-10-13(2)15(4)16(14(12)3)8-9-17(5,6)11-18-7/h10,18H,8-9,11H2,1-7H3. The van der Waals surface area contributed by atoms with Gasteiger partial charge < -0.3 is 5.32 Å². The molecule has 0 amide bonds. The van der Waals surface area contributed by atoms with Crippen LogP contribution in [0.25, 0.3) is 0 Å². The van der Waals surface area contributed by atoms with Crippen LogP contribution in [0.4, 0.5) is 0 Å². The molecule has 0 atom stereocenters. The fourth-order valence-corrected chi connectivity index (χ4v) is 2.70. The maximum absolute atomic E-state index is 3.30. The Morgan fingerprint density at radius 2 is 1.50 bits per heavy atom. The van der Waals surface area contributed by atoms with Gasteiger partial charge in [0.1, 0.15) is 0 Å². The first-order valence-corrected chi connectivity index (χ1v) is 6.99. The first kappa shape index (κ1) is 15.2. The number of nitrogens with one attached hydrogen (secondary N) is 1. The van der Waals surface area contributed by atoms with Gasteiger partial charge in [0.25, 0.3) is 0 Å². The van der Waals surface area contributed by atoms with Gasteiger partial charge in [0.15, 0.2) is 0 Å². The van der Waals surface area contributed by atoms with Gasteiger partial charge >= 0.3 is 0 Å². The topological polar surface area (TPSA) is 12.0 Å². The number of hydrogen-bond donors (Lipinski definition) is 1. The van der Waals surface area contributed by atoms with Crippen LogP contribution in [0, 0.1) is 33.1 Å². The van der Waals surface area contributed by atoms with E-state index in [1.54, 1.807) is 5.56 Å². The minimum Gasteiger partial charge on any atom is -0.319 e. The summed E-state index contributed by atoms with van der Waals surface area (Å²) in [5.41, 5.74) is 7.76. The van der Waals surface area contributed by atoms with Crippen LogP contribution in [-0.2, 0) is 6.42 Å². The van der Waals surface area contributed by atoms with E-state index < -0.39 is 0 Å².